The van der Waals surface area contributed by atoms with E-state index in [1.54, 1.807) is 7.05 Å². The van der Waals surface area contributed by atoms with Crippen molar-refractivity contribution < 1.29 is 9.53 Å². The molecule has 0 atom stereocenters. The van der Waals surface area contributed by atoms with Gasteiger partial charge in [-0.25, -0.2) is 4.79 Å². The molecule has 0 aliphatic rings. The second-order valence-corrected chi connectivity index (χ2v) is 3.98. The molecule has 2 aromatic carbocycles. The summed E-state index contributed by atoms with van der Waals surface area (Å²) < 4.78 is 5.40. The summed E-state index contributed by atoms with van der Waals surface area (Å²) in [6.07, 6.45) is 0. The highest BCUT2D eigenvalue weighted by Crippen LogP contribution is 2.11. The fourth-order valence-electron chi connectivity index (χ4n) is 1.59. The molecule has 0 aromatic heterocycles. The van der Waals surface area contributed by atoms with Gasteiger partial charge < -0.3 is 10.1 Å². The van der Waals surface area contributed by atoms with Crippen molar-refractivity contribution in [3.63, 3.8) is 0 Å². The summed E-state index contributed by atoms with van der Waals surface area (Å²) in [5, 5.41) is 2.69. The quantitative estimate of drug-likeness (QED) is 0.855. The molecule has 0 saturated heterocycles. The Morgan fingerprint density at radius 1 is 1.05 bits per heavy atom. The number of ether oxygens (including phenoxy) is 1. The third-order valence-electron chi connectivity index (χ3n) is 2.65. The van der Waals surface area contributed by atoms with Crippen molar-refractivity contribution in [3.8, 4) is 5.75 Å². The number of urea groups is 1. The van der Waals surface area contributed by atoms with Crippen molar-refractivity contribution in [2.45, 2.75) is 0 Å². The Balaban J connectivity index is 1.82. The van der Waals surface area contributed by atoms with Crippen LogP contribution in [0.1, 0.15) is 0 Å². The van der Waals surface area contributed by atoms with E-state index in [-0.39, 0.29) is 12.8 Å². The first-order chi connectivity index (χ1) is 9.27. The smallest absolute Gasteiger partial charge is 0.324 e. The van der Waals surface area contributed by atoms with E-state index >= 15 is 0 Å². The number of carbonyl (C=O) groups is 1. The molecule has 98 valence electrons. The highest BCUT2D eigenvalue weighted by Gasteiger charge is 2.09. The van der Waals surface area contributed by atoms with Crippen LogP contribution >= 0.6 is 0 Å². The Kier molecular flexibility index (Phi) is 4.39. The van der Waals surface area contributed by atoms with Gasteiger partial charge in [-0.15, -0.1) is 0 Å². The minimum Gasteiger partial charge on any atom is -0.473 e. The number of hydrogen-bond donors (Lipinski definition) is 1. The van der Waals surface area contributed by atoms with E-state index < -0.39 is 0 Å². The Labute approximate surface area is 112 Å². The van der Waals surface area contributed by atoms with Gasteiger partial charge in [0.25, 0.3) is 0 Å². The van der Waals surface area contributed by atoms with E-state index in [9.17, 15) is 4.79 Å². The number of para-hydroxylation sites is 2. The molecule has 2 amide bonds. The van der Waals surface area contributed by atoms with E-state index in [4.69, 9.17) is 4.74 Å². The lowest BCUT2D eigenvalue weighted by Crippen LogP contribution is -2.39. The van der Waals surface area contributed by atoms with Crippen LogP contribution in [0.15, 0.2) is 60.7 Å². The molecule has 0 aliphatic carbocycles. The maximum absolute atomic E-state index is 11.9. The van der Waals surface area contributed by atoms with Crippen LogP contribution in [-0.4, -0.2) is 19.8 Å². The molecule has 0 bridgehead atoms. The van der Waals surface area contributed by atoms with Gasteiger partial charge in [0.05, 0.1) is 0 Å². The third kappa shape index (κ3) is 3.74. The number of nitrogens with one attached hydrogen (secondary N) is 1. The van der Waals surface area contributed by atoms with Crippen LogP contribution in [0.4, 0.5) is 10.5 Å². The second kappa shape index (κ2) is 6.44. The Morgan fingerprint density at radius 2 is 1.63 bits per heavy atom. The number of carbonyl (C=O) groups excluding carboxylic acids is 1. The van der Waals surface area contributed by atoms with Crippen molar-refractivity contribution in [2.24, 2.45) is 0 Å². The van der Waals surface area contributed by atoms with Crippen LogP contribution in [0.5, 0.6) is 5.75 Å². The van der Waals surface area contributed by atoms with E-state index in [0.29, 0.717) is 0 Å². The van der Waals surface area contributed by atoms with Crippen molar-refractivity contribution >= 4 is 11.7 Å². The lowest BCUT2D eigenvalue weighted by molar-refractivity contribution is 0.230. The molecule has 4 nitrogen and oxygen atoms in total. The summed E-state index contributed by atoms with van der Waals surface area (Å²) in [6, 6.07) is 18.6. The number of anilines is 1. The molecule has 0 heterocycles. The molecule has 2 rings (SSSR count). The number of nitrogens with zero attached hydrogens (tertiary/aromatic N) is 1. The molecule has 19 heavy (non-hydrogen) atoms. The maximum Gasteiger partial charge on any atom is 0.324 e. The predicted octanol–water partition coefficient (Wildman–Crippen LogP) is 2.87. The number of rotatable bonds is 4. The fourth-order valence-corrected chi connectivity index (χ4v) is 1.59. The molecule has 4 heteroatoms. The zero-order chi connectivity index (χ0) is 13.5. The number of hydrogen-bond acceptors (Lipinski definition) is 2. The first-order valence-electron chi connectivity index (χ1n) is 6.02. The summed E-state index contributed by atoms with van der Waals surface area (Å²) in [5.74, 6) is 0.727. The predicted molar refractivity (Wildman–Crippen MR) is 75.3 cm³/mol. The van der Waals surface area contributed by atoms with Crippen LogP contribution in [0, 0.1) is 0 Å². The first kappa shape index (κ1) is 13.0. The molecule has 0 radical (unpaired) electrons. The summed E-state index contributed by atoms with van der Waals surface area (Å²) in [6.45, 7) is 0.139. The van der Waals surface area contributed by atoms with Gasteiger partial charge in [-0.1, -0.05) is 36.4 Å². The van der Waals surface area contributed by atoms with Crippen LogP contribution in [-0.2, 0) is 0 Å². The summed E-state index contributed by atoms with van der Waals surface area (Å²) >= 11 is 0. The maximum atomic E-state index is 11.9. The first-order valence-corrected chi connectivity index (χ1v) is 6.02. The van der Waals surface area contributed by atoms with Crippen molar-refractivity contribution in [1.29, 1.82) is 0 Å². The summed E-state index contributed by atoms with van der Waals surface area (Å²) in [5.41, 5.74) is 0.833. The molecule has 1 N–H and O–H groups in total. The normalized spacial score (nSPS) is 9.74. The van der Waals surface area contributed by atoms with Crippen LogP contribution in [0.25, 0.3) is 0 Å². The zero-order valence-corrected chi connectivity index (χ0v) is 10.7. The molecule has 0 unspecified atom stereocenters. The van der Waals surface area contributed by atoms with E-state index in [1.165, 1.54) is 4.90 Å². The van der Waals surface area contributed by atoms with Gasteiger partial charge in [0, 0.05) is 12.7 Å². The molecule has 0 saturated carbocycles. The van der Waals surface area contributed by atoms with Gasteiger partial charge in [0.1, 0.15) is 5.75 Å². The van der Waals surface area contributed by atoms with Gasteiger partial charge in [-0.2, -0.15) is 0 Å². The fraction of sp³-hybridized carbons (Fsp3) is 0.133. The van der Waals surface area contributed by atoms with Crippen molar-refractivity contribution in [1.82, 2.24) is 5.32 Å². The van der Waals surface area contributed by atoms with Crippen molar-refractivity contribution in [3.05, 3.63) is 60.7 Å². The average Bonchev–Trinajstić information content (AvgIpc) is 2.48. The van der Waals surface area contributed by atoms with Crippen LogP contribution < -0.4 is 15.0 Å². The number of amides is 2. The van der Waals surface area contributed by atoms with Crippen LogP contribution in [0.2, 0.25) is 0 Å². The molecule has 0 aliphatic heterocycles. The summed E-state index contributed by atoms with van der Waals surface area (Å²) in [7, 11) is 1.72. The summed E-state index contributed by atoms with van der Waals surface area (Å²) in [4.78, 5) is 13.4. The van der Waals surface area contributed by atoms with E-state index in [1.807, 2.05) is 60.7 Å². The molecular weight excluding hydrogens is 240 g/mol. The average molecular weight is 256 g/mol. The Bertz CT molecular complexity index is 514. The van der Waals surface area contributed by atoms with Gasteiger partial charge in [0.2, 0.25) is 0 Å². The molecular formula is C15H16N2O2. The zero-order valence-electron chi connectivity index (χ0n) is 10.7. The highest BCUT2D eigenvalue weighted by molar-refractivity contribution is 5.91. The van der Waals surface area contributed by atoms with Gasteiger partial charge >= 0.3 is 6.03 Å². The Hall–Kier alpha value is -2.49. The lowest BCUT2D eigenvalue weighted by atomic mass is 10.3. The van der Waals surface area contributed by atoms with Crippen molar-refractivity contribution in [2.75, 3.05) is 18.7 Å². The minimum absolute atomic E-state index is 0.139. The third-order valence-corrected chi connectivity index (χ3v) is 2.65. The monoisotopic (exact) mass is 256 g/mol. The Morgan fingerprint density at radius 3 is 2.26 bits per heavy atom. The van der Waals surface area contributed by atoms with Crippen LogP contribution in [0.3, 0.4) is 0 Å². The topological polar surface area (TPSA) is 41.6 Å². The van der Waals surface area contributed by atoms with Gasteiger partial charge in [-0.05, 0) is 24.3 Å². The SMILES string of the molecule is CN(C(=O)NCOc1ccccc1)c1ccccc1. The molecule has 2 aromatic rings. The van der Waals surface area contributed by atoms with E-state index in [0.717, 1.165) is 11.4 Å². The largest absolute Gasteiger partial charge is 0.473 e. The molecule has 0 spiro atoms. The van der Waals surface area contributed by atoms with Gasteiger partial charge in [-0.3, -0.25) is 4.90 Å². The lowest BCUT2D eigenvalue weighted by Gasteiger charge is -2.18. The molecule has 0 fully saturated rings. The van der Waals surface area contributed by atoms with Gasteiger partial charge in [0.15, 0.2) is 6.73 Å². The minimum atomic E-state index is -0.206. The van der Waals surface area contributed by atoms with E-state index in [2.05, 4.69) is 5.32 Å². The standard InChI is InChI=1S/C15H16N2O2/c1-17(13-8-4-2-5-9-13)15(18)16-12-19-14-10-6-3-7-11-14/h2-11H,12H2,1H3,(H,16,18). The second-order valence-electron chi connectivity index (χ2n) is 3.98. The number of benzene rings is 2. The highest BCUT2D eigenvalue weighted by atomic mass is 16.5.